The van der Waals surface area contributed by atoms with Crippen molar-refractivity contribution in [3.63, 3.8) is 0 Å². The van der Waals surface area contributed by atoms with Crippen molar-refractivity contribution in [3.05, 3.63) is 40.7 Å². The summed E-state index contributed by atoms with van der Waals surface area (Å²) in [6.07, 6.45) is 7.34. The minimum Gasteiger partial charge on any atom is -0.293 e. The van der Waals surface area contributed by atoms with Crippen molar-refractivity contribution in [1.29, 1.82) is 0 Å². The molecule has 1 aliphatic rings. The molecule has 0 saturated carbocycles. The normalized spacial score (nSPS) is 19.6. The van der Waals surface area contributed by atoms with E-state index < -0.39 is 0 Å². The molecule has 3 heterocycles. The lowest BCUT2D eigenvalue weighted by Crippen LogP contribution is -2.33. The summed E-state index contributed by atoms with van der Waals surface area (Å²) in [5, 5.41) is 5.28. The van der Waals surface area contributed by atoms with E-state index in [1.807, 2.05) is 4.68 Å². The molecular formula is C13H15Cl2N5. The van der Waals surface area contributed by atoms with E-state index in [1.165, 1.54) is 6.42 Å². The van der Waals surface area contributed by atoms with Gasteiger partial charge in [-0.15, -0.1) is 0 Å². The SMILES string of the molecule is Clc1ccnc(CN2CCCC2Cn2cncn2)c1Cl. The molecule has 1 aliphatic heterocycles. The smallest absolute Gasteiger partial charge is 0.137 e. The van der Waals surface area contributed by atoms with Crippen LogP contribution in [0.1, 0.15) is 18.5 Å². The minimum absolute atomic E-state index is 0.438. The maximum absolute atomic E-state index is 6.21. The van der Waals surface area contributed by atoms with E-state index >= 15 is 0 Å². The van der Waals surface area contributed by atoms with E-state index in [0.29, 0.717) is 16.1 Å². The fraction of sp³-hybridized carbons (Fsp3) is 0.462. The third kappa shape index (κ3) is 2.95. The Labute approximate surface area is 127 Å². The average Bonchev–Trinajstić information content (AvgIpc) is 3.08. The highest BCUT2D eigenvalue weighted by molar-refractivity contribution is 6.42. The third-order valence-corrected chi connectivity index (χ3v) is 4.46. The predicted molar refractivity (Wildman–Crippen MR) is 77.7 cm³/mol. The van der Waals surface area contributed by atoms with Crippen LogP contribution in [0.2, 0.25) is 10.0 Å². The van der Waals surface area contributed by atoms with Gasteiger partial charge < -0.3 is 0 Å². The summed E-state index contributed by atoms with van der Waals surface area (Å²) in [4.78, 5) is 10.7. The van der Waals surface area contributed by atoms with Gasteiger partial charge in [0.25, 0.3) is 0 Å². The van der Waals surface area contributed by atoms with Gasteiger partial charge in [-0.2, -0.15) is 5.10 Å². The summed E-state index contributed by atoms with van der Waals surface area (Å²) in [6, 6.07) is 2.15. The molecule has 2 aromatic heterocycles. The molecule has 5 nitrogen and oxygen atoms in total. The van der Waals surface area contributed by atoms with Crippen LogP contribution >= 0.6 is 23.2 Å². The van der Waals surface area contributed by atoms with Gasteiger partial charge in [0, 0.05) is 18.8 Å². The lowest BCUT2D eigenvalue weighted by molar-refractivity contribution is 0.217. The van der Waals surface area contributed by atoms with Crippen LogP contribution in [0.5, 0.6) is 0 Å². The lowest BCUT2D eigenvalue weighted by Gasteiger charge is -2.24. The molecule has 1 atom stereocenters. The van der Waals surface area contributed by atoms with Crippen LogP contribution in [0.4, 0.5) is 0 Å². The number of pyridine rings is 1. The second-order valence-electron chi connectivity index (χ2n) is 4.94. The topological polar surface area (TPSA) is 46.8 Å². The zero-order valence-electron chi connectivity index (χ0n) is 10.9. The number of rotatable bonds is 4. The summed E-state index contributed by atoms with van der Waals surface area (Å²) in [7, 11) is 0. The van der Waals surface area contributed by atoms with E-state index in [1.54, 1.807) is 24.9 Å². The predicted octanol–water partition coefficient (Wildman–Crippen LogP) is 2.64. The van der Waals surface area contributed by atoms with E-state index in [4.69, 9.17) is 23.2 Å². The van der Waals surface area contributed by atoms with Gasteiger partial charge in [0.2, 0.25) is 0 Å². The molecule has 0 amide bonds. The molecule has 0 spiro atoms. The zero-order valence-corrected chi connectivity index (χ0v) is 12.4. The Bertz CT molecular complexity index is 572. The van der Waals surface area contributed by atoms with Gasteiger partial charge in [-0.1, -0.05) is 23.2 Å². The zero-order chi connectivity index (χ0) is 13.9. The number of hydrogen-bond acceptors (Lipinski definition) is 4. The third-order valence-electron chi connectivity index (χ3n) is 3.63. The minimum atomic E-state index is 0.438. The molecule has 2 aromatic rings. The van der Waals surface area contributed by atoms with E-state index in [-0.39, 0.29) is 0 Å². The highest BCUT2D eigenvalue weighted by Gasteiger charge is 2.26. The van der Waals surface area contributed by atoms with Crippen LogP contribution in [0.15, 0.2) is 24.9 Å². The second-order valence-corrected chi connectivity index (χ2v) is 5.72. The molecule has 106 valence electrons. The number of aromatic nitrogens is 4. The van der Waals surface area contributed by atoms with Gasteiger partial charge in [0.1, 0.15) is 12.7 Å². The Morgan fingerprint density at radius 2 is 2.25 bits per heavy atom. The molecule has 0 aliphatic carbocycles. The Hall–Kier alpha value is -1.17. The van der Waals surface area contributed by atoms with Gasteiger partial charge in [-0.05, 0) is 25.5 Å². The lowest BCUT2D eigenvalue weighted by atomic mass is 10.2. The largest absolute Gasteiger partial charge is 0.293 e. The molecule has 3 rings (SSSR count). The summed E-state index contributed by atoms with van der Waals surface area (Å²) < 4.78 is 1.87. The van der Waals surface area contributed by atoms with Crippen molar-refractivity contribution < 1.29 is 0 Å². The van der Waals surface area contributed by atoms with Crippen molar-refractivity contribution >= 4 is 23.2 Å². The van der Waals surface area contributed by atoms with Crippen molar-refractivity contribution in [3.8, 4) is 0 Å². The summed E-state index contributed by atoms with van der Waals surface area (Å²) in [5.41, 5.74) is 0.838. The van der Waals surface area contributed by atoms with Crippen LogP contribution < -0.4 is 0 Å². The Kier molecular flexibility index (Phi) is 4.19. The number of halogens is 2. The monoisotopic (exact) mass is 311 g/mol. The molecule has 1 fully saturated rings. The second kappa shape index (κ2) is 6.08. The van der Waals surface area contributed by atoms with Gasteiger partial charge in [0.05, 0.1) is 22.3 Å². The molecule has 7 heteroatoms. The molecule has 0 aromatic carbocycles. The van der Waals surface area contributed by atoms with Crippen molar-refractivity contribution in [1.82, 2.24) is 24.6 Å². The first-order chi connectivity index (χ1) is 9.74. The van der Waals surface area contributed by atoms with Gasteiger partial charge in [-0.25, -0.2) is 4.98 Å². The maximum Gasteiger partial charge on any atom is 0.137 e. The highest BCUT2D eigenvalue weighted by Crippen LogP contribution is 2.27. The van der Waals surface area contributed by atoms with Gasteiger partial charge in [0.15, 0.2) is 0 Å². The highest BCUT2D eigenvalue weighted by atomic mass is 35.5. The molecule has 0 N–H and O–H groups in total. The molecular weight excluding hydrogens is 297 g/mol. The molecule has 1 saturated heterocycles. The van der Waals surface area contributed by atoms with E-state index in [9.17, 15) is 0 Å². The summed E-state index contributed by atoms with van der Waals surface area (Å²) in [6.45, 7) is 2.61. The standard InChI is InChI=1S/C13H15Cl2N5/c14-11-3-4-17-12(13(11)15)7-19-5-1-2-10(19)6-20-9-16-8-18-20/h3-4,8-10H,1-2,5-7H2. The molecule has 1 unspecified atom stereocenters. The first-order valence-corrected chi connectivity index (χ1v) is 7.35. The first-order valence-electron chi connectivity index (χ1n) is 6.59. The molecule has 0 radical (unpaired) electrons. The van der Waals surface area contributed by atoms with Crippen LogP contribution in [0.3, 0.4) is 0 Å². The average molecular weight is 312 g/mol. The fourth-order valence-electron chi connectivity index (χ4n) is 2.62. The van der Waals surface area contributed by atoms with E-state index in [2.05, 4.69) is 20.0 Å². The Morgan fingerprint density at radius 1 is 1.35 bits per heavy atom. The van der Waals surface area contributed by atoms with Crippen LogP contribution in [0, 0.1) is 0 Å². The molecule has 20 heavy (non-hydrogen) atoms. The summed E-state index contributed by atoms with van der Waals surface area (Å²) >= 11 is 12.3. The van der Waals surface area contributed by atoms with Crippen molar-refractivity contribution in [2.45, 2.75) is 32.0 Å². The summed E-state index contributed by atoms with van der Waals surface area (Å²) in [5.74, 6) is 0. The maximum atomic E-state index is 6.21. The fourth-order valence-corrected chi connectivity index (χ4v) is 2.95. The quantitative estimate of drug-likeness (QED) is 0.871. The Morgan fingerprint density at radius 3 is 3.05 bits per heavy atom. The number of likely N-dealkylation sites (tertiary alicyclic amines) is 1. The number of hydrogen-bond donors (Lipinski definition) is 0. The molecule has 0 bridgehead atoms. The van der Waals surface area contributed by atoms with Gasteiger partial charge in [-0.3, -0.25) is 14.6 Å². The van der Waals surface area contributed by atoms with E-state index in [0.717, 1.165) is 31.7 Å². The Balaban J connectivity index is 1.71. The van der Waals surface area contributed by atoms with Crippen molar-refractivity contribution in [2.24, 2.45) is 0 Å². The van der Waals surface area contributed by atoms with Crippen molar-refractivity contribution in [2.75, 3.05) is 6.54 Å². The van der Waals surface area contributed by atoms with Crippen LogP contribution in [-0.4, -0.2) is 37.2 Å². The first kappa shape index (κ1) is 13.8. The van der Waals surface area contributed by atoms with Crippen LogP contribution in [0.25, 0.3) is 0 Å². The number of nitrogens with zero attached hydrogens (tertiary/aromatic N) is 5. The van der Waals surface area contributed by atoms with Crippen LogP contribution in [-0.2, 0) is 13.1 Å². The van der Waals surface area contributed by atoms with Gasteiger partial charge >= 0.3 is 0 Å².